The summed E-state index contributed by atoms with van der Waals surface area (Å²) in [7, 11) is -3.70. The van der Waals surface area contributed by atoms with Gasteiger partial charge in [-0.05, 0) is 20.8 Å². The second kappa shape index (κ2) is 8.32. The molecule has 1 aromatic rings. The molecule has 160 valence electrons. The van der Waals surface area contributed by atoms with Gasteiger partial charge < -0.3 is 14.2 Å². The summed E-state index contributed by atoms with van der Waals surface area (Å²) in [6.07, 6.45) is 0.422. The predicted molar refractivity (Wildman–Crippen MR) is 90.9 cm³/mol. The first-order valence-electron chi connectivity index (χ1n) is 8.34. The first-order chi connectivity index (χ1) is 13.3. The van der Waals surface area contributed by atoms with Gasteiger partial charge in [-0.25, -0.2) is 23.4 Å². The number of urea groups is 1. The molecule has 0 aliphatic carbocycles. The van der Waals surface area contributed by atoms with Crippen molar-refractivity contribution < 1.29 is 65.9 Å². The summed E-state index contributed by atoms with van der Waals surface area (Å²) in [6.45, 7) is 4.79. The van der Waals surface area contributed by atoms with E-state index in [0.717, 1.165) is 4.90 Å². The van der Waals surface area contributed by atoms with E-state index in [0.29, 0.717) is 10.6 Å². The van der Waals surface area contributed by atoms with Gasteiger partial charge in [0, 0.05) is 12.6 Å². The molecule has 1 aromatic heterocycles. The van der Waals surface area contributed by atoms with Crippen LogP contribution < -0.4 is 40.4 Å². The van der Waals surface area contributed by atoms with E-state index in [1.807, 2.05) is 0 Å². The number of hydrazine groups is 1. The topological polar surface area (TPSA) is 175 Å². The molecule has 0 aromatic carbocycles. The number of hydroxylamine groups is 2. The minimum atomic E-state index is -5.22. The number of ether oxygens (including phenoxy) is 1. The minimum absolute atomic E-state index is 0. The van der Waals surface area contributed by atoms with Crippen molar-refractivity contribution in [1.29, 1.82) is 0 Å². The van der Waals surface area contributed by atoms with E-state index in [2.05, 4.69) is 20.2 Å². The van der Waals surface area contributed by atoms with Crippen molar-refractivity contribution in [3.05, 3.63) is 17.5 Å². The largest absolute Gasteiger partial charge is 1.00 e. The van der Waals surface area contributed by atoms with Gasteiger partial charge >= 0.3 is 41.7 Å². The van der Waals surface area contributed by atoms with E-state index >= 15 is 0 Å². The number of nitrogens with one attached hydrogen (secondary N) is 2. The maximum absolute atomic E-state index is 12.8. The summed E-state index contributed by atoms with van der Waals surface area (Å²) in [5, 5.41) is 4.43. The smallest absolute Gasteiger partial charge is 0.724 e. The van der Waals surface area contributed by atoms with Crippen LogP contribution in [0.2, 0.25) is 0 Å². The summed E-state index contributed by atoms with van der Waals surface area (Å²) in [5.74, 6) is -0.806. The van der Waals surface area contributed by atoms with Crippen LogP contribution in [0.3, 0.4) is 0 Å². The van der Waals surface area contributed by atoms with Crippen LogP contribution in [0.5, 0.6) is 0 Å². The first kappa shape index (κ1) is 24.4. The Balaban J connectivity index is 0.00000320. The van der Waals surface area contributed by atoms with Crippen molar-refractivity contribution in [3.8, 4) is 0 Å². The molecule has 16 heteroatoms. The molecule has 2 atom stereocenters. The maximum Gasteiger partial charge on any atom is 1.00 e. The Hall–Kier alpha value is -1.91. The molecular formula is C14H19N6NaO8S. The molecule has 4 amide bonds. The van der Waals surface area contributed by atoms with Crippen LogP contribution in [0.25, 0.3) is 0 Å². The molecule has 0 unspecified atom stereocenters. The van der Waals surface area contributed by atoms with Crippen molar-refractivity contribution >= 4 is 28.4 Å². The third kappa shape index (κ3) is 4.87. The van der Waals surface area contributed by atoms with Crippen LogP contribution in [0.15, 0.2) is 6.20 Å². The normalized spacial score (nSPS) is 20.4. The number of rotatable bonds is 3. The molecule has 14 nitrogen and oxygen atoms in total. The van der Waals surface area contributed by atoms with Crippen LogP contribution in [0.1, 0.15) is 44.1 Å². The fourth-order valence-electron chi connectivity index (χ4n) is 3.17. The van der Waals surface area contributed by atoms with Gasteiger partial charge in [0.15, 0.2) is 6.04 Å². The number of carbonyl (C=O) groups excluding carboxylic acids is 3. The van der Waals surface area contributed by atoms with Gasteiger partial charge in [-0.2, -0.15) is 14.4 Å². The molecule has 0 saturated carbocycles. The fourth-order valence-corrected chi connectivity index (χ4v) is 3.54. The molecular weight excluding hydrogens is 435 g/mol. The Morgan fingerprint density at radius 3 is 2.50 bits per heavy atom. The molecule has 1 saturated heterocycles. The predicted octanol–water partition coefficient (Wildman–Crippen LogP) is -3.79. The molecule has 1 fully saturated rings. The van der Waals surface area contributed by atoms with Crippen LogP contribution in [0.4, 0.5) is 9.59 Å². The molecule has 0 radical (unpaired) electrons. The van der Waals surface area contributed by atoms with Crippen molar-refractivity contribution in [2.45, 2.75) is 38.5 Å². The third-order valence-corrected chi connectivity index (χ3v) is 4.48. The van der Waals surface area contributed by atoms with Gasteiger partial charge in [0.05, 0.1) is 18.4 Å². The monoisotopic (exact) mass is 454 g/mol. The number of carbonyl (C=O) groups is 3. The SMILES string of the molecule is Cn1ncc2c1[C@@H](C(=O)NNC(=O)OC(C)(C)C)N1C[C@@H]2N(OS(=O)(=O)[O-])C1=O.[Na+]. The summed E-state index contributed by atoms with van der Waals surface area (Å²) in [5.41, 5.74) is 4.05. The van der Waals surface area contributed by atoms with Crippen LogP contribution in [-0.2, 0) is 31.3 Å². The van der Waals surface area contributed by atoms with E-state index in [9.17, 15) is 27.4 Å². The third-order valence-electron chi connectivity index (χ3n) is 4.14. The van der Waals surface area contributed by atoms with E-state index in [-0.39, 0.29) is 41.8 Å². The van der Waals surface area contributed by atoms with E-state index in [4.69, 9.17) is 4.74 Å². The zero-order valence-electron chi connectivity index (χ0n) is 16.9. The van der Waals surface area contributed by atoms with E-state index in [1.54, 1.807) is 20.8 Å². The van der Waals surface area contributed by atoms with Crippen molar-refractivity contribution in [2.75, 3.05) is 6.54 Å². The van der Waals surface area contributed by atoms with Crippen LogP contribution in [0, 0.1) is 0 Å². The Bertz CT molecular complexity index is 974. The molecule has 2 aliphatic heterocycles. The van der Waals surface area contributed by atoms with Crippen molar-refractivity contribution in [3.63, 3.8) is 0 Å². The number of aromatic nitrogens is 2. The molecule has 2 bridgehead atoms. The molecule has 3 rings (SSSR count). The molecule has 0 spiro atoms. The maximum atomic E-state index is 12.8. The molecule has 2 aliphatic rings. The average Bonchev–Trinajstić information content (AvgIpc) is 3.06. The second-order valence-corrected chi connectivity index (χ2v) is 8.35. The fraction of sp³-hybridized carbons (Fsp3) is 0.571. The number of fused-ring (bicyclic) bond motifs is 4. The van der Waals surface area contributed by atoms with Gasteiger partial charge in [0.25, 0.3) is 5.91 Å². The van der Waals surface area contributed by atoms with Gasteiger partial charge in [-0.15, -0.1) is 0 Å². The summed E-state index contributed by atoms with van der Waals surface area (Å²) >= 11 is 0. The van der Waals surface area contributed by atoms with Crippen molar-refractivity contribution in [1.82, 2.24) is 30.6 Å². The summed E-state index contributed by atoms with van der Waals surface area (Å²) in [6, 6.07) is -3.21. The van der Waals surface area contributed by atoms with Crippen LogP contribution >= 0.6 is 0 Å². The van der Waals surface area contributed by atoms with Crippen LogP contribution in [-0.4, -0.2) is 62.9 Å². The Morgan fingerprint density at radius 1 is 1.30 bits per heavy atom. The number of nitrogens with zero attached hydrogens (tertiary/aromatic N) is 4. The number of amides is 4. The van der Waals surface area contributed by atoms with Gasteiger partial charge in [0.1, 0.15) is 11.6 Å². The Morgan fingerprint density at radius 2 is 1.93 bits per heavy atom. The quantitative estimate of drug-likeness (QED) is 0.201. The van der Waals surface area contributed by atoms with Gasteiger partial charge in [-0.3, -0.25) is 14.9 Å². The number of hydrogen-bond acceptors (Lipinski definition) is 9. The Kier molecular flexibility index (Phi) is 6.75. The standard InChI is InChI=1S/C14H20N6O8S.Na/c1-14(2,3)27-12(22)17-16-11(21)10-9-7(5-15-18(9)4)8-6-19(10)13(23)20(8)28-29(24,25)26;/h5,8,10H,6H2,1-4H3,(H,16,21)(H,17,22)(H,24,25,26);/q;+1/p-1/t8-,10-;/m0./s1. The summed E-state index contributed by atoms with van der Waals surface area (Å²) in [4.78, 5) is 38.1. The van der Waals surface area contributed by atoms with Crippen molar-refractivity contribution in [2.24, 2.45) is 7.05 Å². The Labute approximate surface area is 194 Å². The molecule has 3 heterocycles. The van der Waals surface area contributed by atoms with Gasteiger partial charge in [-0.1, -0.05) is 0 Å². The summed E-state index contributed by atoms with van der Waals surface area (Å²) < 4.78 is 43.6. The van der Waals surface area contributed by atoms with Gasteiger partial charge in [0.2, 0.25) is 10.4 Å². The number of aryl methyl sites for hydroxylation is 1. The second-order valence-electron chi connectivity index (χ2n) is 7.39. The minimum Gasteiger partial charge on any atom is -0.724 e. The van der Waals surface area contributed by atoms with E-state index in [1.165, 1.54) is 17.9 Å². The van der Waals surface area contributed by atoms with E-state index < -0.39 is 46.1 Å². The zero-order chi connectivity index (χ0) is 21.7. The number of hydrogen-bond donors (Lipinski definition) is 2. The average molecular weight is 454 g/mol. The molecule has 30 heavy (non-hydrogen) atoms. The first-order valence-corrected chi connectivity index (χ1v) is 9.68. The zero-order valence-corrected chi connectivity index (χ0v) is 19.7. The molecule has 2 N–H and O–H groups in total.